The Morgan fingerprint density at radius 3 is 2.15 bits per heavy atom. The number of nitrogens with one attached hydrogen (secondary N) is 1. The SMILES string of the molecule is COc1ccc(CC(=O)N[C@@H](c2ccccc2)c2ccc(Br)cc2)cc1. The minimum atomic E-state index is -0.185. The number of ether oxygens (including phenoxy) is 1. The summed E-state index contributed by atoms with van der Waals surface area (Å²) in [6, 6.07) is 25.4. The van der Waals surface area contributed by atoms with E-state index >= 15 is 0 Å². The van der Waals surface area contributed by atoms with Crippen molar-refractivity contribution >= 4 is 21.8 Å². The van der Waals surface area contributed by atoms with Crippen LogP contribution in [0.15, 0.2) is 83.3 Å². The predicted octanol–water partition coefficient (Wildman–Crippen LogP) is 4.91. The van der Waals surface area contributed by atoms with Crippen molar-refractivity contribution < 1.29 is 9.53 Å². The van der Waals surface area contributed by atoms with Crippen molar-refractivity contribution in [2.75, 3.05) is 7.11 Å². The topological polar surface area (TPSA) is 38.3 Å². The largest absolute Gasteiger partial charge is 0.497 e. The lowest BCUT2D eigenvalue weighted by atomic mass is 9.98. The first-order valence-electron chi connectivity index (χ1n) is 8.38. The van der Waals surface area contributed by atoms with Gasteiger partial charge in [0.05, 0.1) is 19.6 Å². The molecule has 3 aromatic rings. The number of halogens is 1. The highest BCUT2D eigenvalue weighted by Crippen LogP contribution is 2.24. The summed E-state index contributed by atoms with van der Waals surface area (Å²) in [5, 5.41) is 3.16. The standard InChI is InChI=1S/C22H20BrNO2/c1-26-20-13-7-16(8-14-20)15-21(25)24-22(17-5-3-2-4-6-17)18-9-11-19(23)12-10-18/h2-14,22H,15H2,1H3,(H,24,25)/t22-/m0/s1. The lowest BCUT2D eigenvalue weighted by Crippen LogP contribution is -2.30. The van der Waals surface area contributed by atoms with Crippen LogP contribution in [0.4, 0.5) is 0 Å². The number of benzene rings is 3. The zero-order valence-electron chi connectivity index (χ0n) is 14.5. The molecule has 4 heteroatoms. The number of hydrogen-bond donors (Lipinski definition) is 1. The highest BCUT2D eigenvalue weighted by Gasteiger charge is 2.17. The molecular weight excluding hydrogens is 390 g/mol. The Morgan fingerprint density at radius 2 is 1.54 bits per heavy atom. The Kier molecular flexibility index (Phi) is 6.08. The summed E-state index contributed by atoms with van der Waals surface area (Å²) in [5.74, 6) is 0.762. The second kappa shape index (κ2) is 8.68. The Hall–Kier alpha value is -2.59. The molecule has 132 valence electrons. The van der Waals surface area contributed by atoms with Gasteiger partial charge in [0.2, 0.25) is 5.91 Å². The van der Waals surface area contributed by atoms with Crippen LogP contribution in [-0.2, 0) is 11.2 Å². The van der Waals surface area contributed by atoms with E-state index in [-0.39, 0.29) is 11.9 Å². The molecule has 3 aromatic carbocycles. The highest BCUT2D eigenvalue weighted by atomic mass is 79.9. The van der Waals surface area contributed by atoms with E-state index < -0.39 is 0 Å². The van der Waals surface area contributed by atoms with Crippen molar-refractivity contribution in [3.05, 3.63) is 100 Å². The lowest BCUT2D eigenvalue weighted by molar-refractivity contribution is -0.120. The minimum absolute atomic E-state index is 0.0214. The van der Waals surface area contributed by atoms with E-state index in [1.54, 1.807) is 7.11 Å². The van der Waals surface area contributed by atoms with Gasteiger partial charge in [0, 0.05) is 4.47 Å². The molecule has 0 unspecified atom stereocenters. The molecule has 1 N–H and O–H groups in total. The van der Waals surface area contributed by atoms with Crippen LogP contribution in [0.2, 0.25) is 0 Å². The zero-order valence-corrected chi connectivity index (χ0v) is 16.1. The molecule has 1 atom stereocenters. The molecule has 0 aliphatic carbocycles. The molecule has 0 saturated heterocycles. The maximum absolute atomic E-state index is 12.6. The van der Waals surface area contributed by atoms with Crippen LogP contribution in [0.25, 0.3) is 0 Å². The van der Waals surface area contributed by atoms with Crippen LogP contribution in [0.3, 0.4) is 0 Å². The highest BCUT2D eigenvalue weighted by molar-refractivity contribution is 9.10. The smallest absolute Gasteiger partial charge is 0.225 e. The number of carbonyl (C=O) groups excluding carboxylic acids is 1. The number of hydrogen-bond acceptors (Lipinski definition) is 2. The van der Waals surface area contributed by atoms with Crippen LogP contribution >= 0.6 is 15.9 Å². The first-order chi connectivity index (χ1) is 12.7. The Morgan fingerprint density at radius 1 is 0.923 bits per heavy atom. The van der Waals surface area contributed by atoms with Gasteiger partial charge in [-0.2, -0.15) is 0 Å². The summed E-state index contributed by atoms with van der Waals surface area (Å²) in [4.78, 5) is 12.6. The third kappa shape index (κ3) is 4.73. The summed E-state index contributed by atoms with van der Waals surface area (Å²) in [7, 11) is 1.63. The van der Waals surface area contributed by atoms with Crippen LogP contribution in [0, 0.1) is 0 Å². The number of carbonyl (C=O) groups is 1. The summed E-state index contributed by atoms with van der Waals surface area (Å²) < 4.78 is 6.17. The van der Waals surface area contributed by atoms with Gasteiger partial charge in [-0.3, -0.25) is 4.79 Å². The fourth-order valence-corrected chi connectivity index (χ4v) is 3.06. The van der Waals surface area contributed by atoms with Gasteiger partial charge >= 0.3 is 0 Å². The lowest BCUT2D eigenvalue weighted by Gasteiger charge is -2.20. The van der Waals surface area contributed by atoms with Crippen molar-refractivity contribution in [1.82, 2.24) is 5.32 Å². The quantitative estimate of drug-likeness (QED) is 0.628. The van der Waals surface area contributed by atoms with Gasteiger partial charge < -0.3 is 10.1 Å². The average molecular weight is 410 g/mol. The molecule has 0 aliphatic rings. The molecule has 0 aromatic heterocycles. The molecular formula is C22H20BrNO2. The average Bonchev–Trinajstić information content (AvgIpc) is 2.68. The van der Waals surface area contributed by atoms with Crippen molar-refractivity contribution in [2.45, 2.75) is 12.5 Å². The second-order valence-electron chi connectivity index (χ2n) is 5.99. The maximum Gasteiger partial charge on any atom is 0.225 e. The third-order valence-electron chi connectivity index (χ3n) is 4.17. The Balaban J connectivity index is 1.78. The molecule has 0 fully saturated rings. The summed E-state index contributed by atoms with van der Waals surface area (Å²) >= 11 is 3.46. The second-order valence-corrected chi connectivity index (χ2v) is 6.90. The van der Waals surface area contributed by atoms with E-state index in [9.17, 15) is 4.79 Å². The van der Waals surface area contributed by atoms with E-state index in [1.807, 2.05) is 78.9 Å². The number of amides is 1. The van der Waals surface area contributed by atoms with Gasteiger partial charge in [-0.1, -0.05) is 70.5 Å². The van der Waals surface area contributed by atoms with Crippen molar-refractivity contribution in [3.8, 4) is 5.75 Å². The van der Waals surface area contributed by atoms with Gasteiger partial charge in [0.25, 0.3) is 0 Å². The molecule has 0 radical (unpaired) electrons. The Labute approximate surface area is 162 Å². The molecule has 0 aliphatic heterocycles. The van der Waals surface area contributed by atoms with Crippen LogP contribution < -0.4 is 10.1 Å². The fraction of sp³-hybridized carbons (Fsp3) is 0.136. The normalized spacial score (nSPS) is 11.6. The molecule has 0 bridgehead atoms. The number of methoxy groups -OCH3 is 1. The molecule has 26 heavy (non-hydrogen) atoms. The van der Waals surface area contributed by atoms with Crippen molar-refractivity contribution in [2.24, 2.45) is 0 Å². The fourth-order valence-electron chi connectivity index (χ4n) is 2.80. The minimum Gasteiger partial charge on any atom is -0.497 e. The van der Waals surface area contributed by atoms with E-state index in [1.165, 1.54) is 0 Å². The summed E-state index contributed by atoms with van der Waals surface area (Å²) in [6.45, 7) is 0. The van der Waals surface area contributed by atoms with Crippen LogP contribution in [0.5, 0.6) is 5.75 Å². The molecule has 0 heterocycles. The van der Waals surface area contributed by atoms with E-state index in [0.717, 1.165) is 26.9 Å². The molecule has 3 rings (SSSR count). The predicted molar refractivity (Wildman–Crippen MR) is 107 cm³/mol. The van der Waals surface area contributed by atoms with Crippen molar-refractivity contribution in [3.63, 3.8) is 0 Å². The van der Waals surface area contributed by atoms with Gasteiger partial charge in [0.1, 0.15) is 5.75 Å². The molecule has 0 saturated carbocycles. The van der Waals surface area contributed by atoms with Crippen LogP contribution in [0.1, 0.15) is 22.7 Å². The van der Waals surface area contributed by atoms with Gasteiger partial charge in [-0.15, -0.1) is 0 Å². The number of rotatable bonds is 6. The summed E-state index contributed by atoms with van der Waals surface area (Å²) in [6.07, 6.45) is 0.323. The Bertz CT molecular complexity index is 846. The molecule has 3 nitrogen and oxygen atoms in total. The maximum atomic E-state index is 12.6. The van der Waals surface area contributed by atoms with E-state index in [4.69, 9.17) is 4.74 Å². The third-order valence-corrected chi connectivity index (χ3v) is 4.69. The van der Waals surface area contributed by atoms with E-state index in [2.05, 4.69) is 21.2 Å². The van der Waals surface area contributed by atoms with E-state index in [0.29, 0.717) is 6.42 Å². The first kappa shape index (κ1) is 18.2. The van der Waals surface area contributed by atoms with Gasteiger partial charge in [-0.05, 0) is 41.0 Å². The zero-order chi connectivity index (χ0) is 18.4. The van der Waals surface area contributed by atoms with Gasteiger partial charge in [0.15, 0.2) is 0 Å². The molecule has 0 spiro atoms. The monoisotopic (exact) mass is 409 g/mol. The first-order valence-corrected chi connectivity index (χ1v) is 9.18. The van der Waals surface area contributed by atoms with Crippen molar-refractivity contribution in [1.29, 1.82) is 0 Å². The van der Waals surface area contributed by atoms with Gasteiger partial charge in [-0.25, -0.2) is 0 Å². The summed E-state index contributed by atoms with van der Waals surface area (Å²) in [5.41, 5.74) is 3.05. The molecule has 1 amide bonds. The van der Waals surface area contributed by atoms with Crippen LogP contribution in [-0.4, -0.2) is 13.0 Å².